The van der Waals surface area contributed by atoms with Gasteiger partial charge in [0.2, 0.25) is 0 Å². The smallest absolute Gasteiger partial charge is 0.417 e. The van der Waals surface area contributed by atoms with Gasteiger partial charge in [0, 0.05) is 18.0 Å². The van der Waals surface area contributed by atoms with Gasteiger partial charge in [-0.25, -0.2) is 4.28 Å². The summed E-state index contributed by atoms with van der Waals surface area (Å²) in [5.41, 5.74) is 0.148. The second-order valence-electron chi connectivity index (χ2n) is 6.66. The lowest BCUT2D eigenvalue weighted by molar-refractivity contribution is -0.205. The van der Waals surface area contributed by atoms with E-state index in [1.165, 1.54) is 11.8 Å². The van der Waals surface area contributed by atoms with E-state index in [-0.39, 0.29) is 11.5 Å². The van der Waals surface area contributed by atoms with Gasteiger partial charge >= 0.3 is 10.4 Å². The molecule has 0 radical (unpaired) electrons. The van der Waals surface area contributed by atoms with Gasteiger partial charge in [-0.1, -0.05) is 35.1 Å². The molecule has 2 aromatic rings. The number of ether oxygens (including phenoxy) is 1. The van der Waals surface area contributed by atoms with Crippen LogP contribution in [0.15, 0.2) is 35.6 Å². The highest BCUT2D eigenvalue weighted by Gasteiger charge is 2.44. The van der Waals surface area contributed by atoms with E-state index in [1.54, 1.807) is 30.5 Å². The molecular weight excluding hydrogens is 456 g/mol. The van der Waals surface area contributed by atoms with E-state index in [2.05, 4.69) is 9.44 Å². The molecule has 1 fully saturated rings. The lowest BCUT2D eigenvalue weighted by Gasteiger charge is -2.39. The molecule has 5 N–H and O–H groups in total. The molecule has 0 bridgehead atoms. The topological polar surface area (TPSA) is 180 Å². The lowest BCUT2D eigenvalue weighted by Crippen LogP contribution is -2.57. The molecule has 172 valence electrons. The Morgan fingerprint density at radius 2 is 1.94 bits per heavy atom. The van der Waals surface area contributed by atoms with Crippen LogP contribution in [0.5, 0.6) is 0 Å². The van der Waals surface area contributed by atoms with E-state index in [4.69, 9.17) is 14.1 Å². The highest BCUT2D eigenvalue weighted by molar-refractivity contribution is 8.14. The first-order chi connectivity index (χ1) is 14.6. The minimum absolute atomic E-state index is 0.0217. The van der Waals surface area contributed by atoms with Gasteiger partial charge in [0.25, 0.3) is 0 Å². The van der Waals surface area contributed by atoms with Crippen LogP contribution in [0.1, 0.15) is 5.56 Å². The number of hydrogen-bond donors (Lipinski definition) is 5. The fourth-order valence-electron chi connectivity index (χ4n) is 3.16. The third-order valence-electron chi connectivity index (χ3n) is 4.63. The van der Waals surface area contributed by atoms with Crippen molar-refractivity contribution in [3.05, 3.63) is 36.0 Å². The van der Waals surface area contributed by atoms with Crippen LogP contribution >= 0.6 is 11.8 Å². The van der Waals surface area contributed by atoms with Crippen LogP contribution in [0.4, 0.5) is 0 Å². The highest BCUT2D eigenvalue weighted by atomic mass is 32.3. The van der Waals surface area contributed by atoms with Gasteiger partial charge in [-0.15, -0.1) is 0 Å². The SMILES string of the molecule is COn1cc(C/C(=N/OS(=O)(=O)O)S[C@H]2O[C@@H](CO)[C@H](O)[C@@H](O)[C@@H]2O)c2ccccc21. The molecule has 5 atom stereocenters. The minimum atomic E-state index is -4.91. The van der Waals surface area contributed by atoms with Crippen LogP contribution in [0.25, 0.3) is 10.9 Å². The summed E-state index contributed by atoms with van der Waals surface area (Å²) < 4.78 is 42.0. The number of thioether (sulfide) groups is 1. The molecule has 1 aliphatic rings. The lowest BCUT2D eigenvalue weighted by atomic mass is 10.0. The van der Waals surface area contributed by atoms with Gasteiger partial charge < -0.3 is 30.0 Å². The number of fused-ring (bicyclic) bond motifs is 1. The Kier molecular flexibility index (Phi) is 7.43. The summed E-state index contributed by atoms with van der Waals surface area (Å²) >= 11 is 0.705. The summed E-state index contributed by atoms with van der Waals surface area (Å²) in [6.45, 7) is -0.628. The molecule has 12 nitrogen and oxygen atoms in total. The van der Waals surface area contributed by atoms with E-state index in [0.29, 0.717) is 17.3 Å². The number of hydrogen-bond acceptors (Lipinski definition) is 11. The maximum atomic E-state index is 11.0. The van der Waals surface area contributed by atoms with Crippen molar-refractivity contribution in [2.24, 2.45) is 5.16 Å². The number of para-hydroxylation sites is 1. The molecular formula is C17H22N2O10S2. The fourth-order valence-corrected chi connectivity index (χ4v) is 4.47. The average Bonchev–Trinajstić information content (AvgIpc) is 3.09. The first-order valence-electron chi connectivity index (χ1n) is 8.98. The van der Waals surface area contributed by atoms with Gasteiger partial charge in [0.05, 0.1) is 12.1 Å². The third kappa shape index (κ3) is 5.48. The standard InChI is InChI=1S/C17H22N2O10S2/c1-27-19-7-9(10-4-2-3-5-11(10)19)6-13(18-29-31(24,25)26)30-17-16(23)15(22)14(21)12(8-20)28-17/h2-5,7,12,14-17,20-23H,6,8H2,1H3,(H,24,25,26)/b18-13-/t12-,14-,15+,16-,17+/m0/s1. The molecule has 14 heteroatoms. The summed E-state index contributed by atoms with van der Waals surface area (Å²) in [6.07, 6.45) is -4.30. The number of aliphatic hydroxyl groups excluding tert-OH is 4. The molecule has 0 aliphatic carbocycles. The number of aliphatic hydroxyl groups is 4. The van der Waals surface area contributed by atoms with Crippen LogP contribution in [-0.2, 0) is 25.8 Å². The predicted molar refractivity (Wildman–Crippen MR) is 110 cm³/mol. The van der Waals surface area contributed by atoms with Crippen molar-refractivity contribution in [2.75, 3.05) is 13.7 Å². The first kappa shape index (κ1) is 23.7. The second-order valence-corrected chi connectivity index (χ2v) is 8.84. The third-order valence-corrected chi connectivity index (χ3v) is 6.01. The Morgan fingerprint density at radius 1 is 1.23 bits per heavy atom. The highest BCUT2D eigenvalue weighted by Crippen LogP contribution is 2.31. The fraction of sp³-hybridized carbons (Fsp3) is 0.471. The zero-order chi connectivity index (χ0) is 22.8. The van der Waals surface area contributed by atoms with Crippen LogP contribution in [-0.4, -0.2) is 86.7 Å². The molecule has 0 unspecified atom stereocenters. The first-order valence-corrected chi connectivity index (χ1v) is 11.2. The monoisotopic (exact) mass is 478 g/mol. The Bertz CT molecular complexity index is 1040. The predicted octanol–water partition coefficient (Wildman–Crippen LogP) is -1.09. The number of rotatable bonds is 7. The van der Waals surface area contributed by atoms with Gasteiger partial charge in [-0.2, -0.15) is 13.1 Å². The van der Waals surface area contributed by atoms with E-state index in [9.17, 15) is 28.8 Å². The normalized spacial score (nSPS) is 27.4. The zero-order valence-electron chi connectivity index (χ0n) is 16.2. The minimum Gasteiger partial charge on any atom is -0.417 e. The van der Waals surface area contributed by atoms with E-state index < -0.39 is 46.9 Å². The summed E-state index contributed by atoms with van der Waals surface area (Å²) in [4.78, 5) is 5.27. The molecule has 0 saturated carbocycles. The van der Waals surface area contributed by atoms with Gasteiger partial charge in [0.1, 0.15) is 42.0 Å². The molecule has 0 spiro atoms. The number of oxime groups is 1. The van der Waals surface area contributed by atoms with E-state index >= 15 is 0 Å². The Labute approximate surface area is 181 Å². The van der Waals surface area contributed by atoms with E-state index in [0.717, 1.165) is 10.9 Å². The molecule has 0 amide bonds. The average molecular weight is 479 g/mol. The molecule has 31 heavy (non-hydrogen) atoms. The largest absolute Gasteiger partial charge is 0.466 e. The Hall–Kier alpha value is -1.91. The van der Waals surface area contributed by atoms with Crippen molar-refractivity contribution in [1.29, 1.82) is 0 Å². The van der Waals surface area contributed by atoms with Crippen LogP contribution in [0.3, 0.4) is 0 Å². The van der Waals surface area contributed by atoms with Crippen molar-refractivity contribution >= 4 is 38.1 Å². The quantitative estimate of drug-likeness (QED) is 0.141. The Balaban J connectivity index is 1.91. The molecule has 2 heterocycles. The van der Waals surface area contributed by atoms with Gasteiger partial charge in [-0.05, 0) is 11.6 Å². The maximum absolute atomic E-state index is 11.0. The molecule has 1 saturated heterocycles. The molecule has 1 aliphatic heterocycles. The van der Waals surface area contributed by atoms with Gasteiger partial charge in [0.15, 0.2) is 0 Å². The summed E-state index contributed by atoms with van der Waals surface area (Å²) in [5, 5.41) is 43.7. The van der Waals surface area contributed by atoms with Crippen molar-refractivity contribution in [3.63, 3.8) is 0 Å². The van der Waals surface area contributed by atoms with Crippen molar-refractivity contribution in [1.82, 2.24) is 4.73 Å². The summed E-state index contributed by atoms with van der Waals surface area (Å²) in [6, 6.07) is 7.21. The van der Waals surface area contributed by atoms with Crippen molar-refractivity contribution < 1.29 is 47.3 Å². The Morgan fingerprint density at radius 3 is 2.58 bits per heavy atom. The number of nitrogens with zero attached hydrogens (tertiary/aromatic N) is 2. The van der Waals surface area contributed by atoms with Crippen LogP contribution < -0.4 is 4.84 Å². The van der Waals surface area contributed by atoms with E-state index in [1.807, 2.05) is 0 Å². The van der Waals surface area contributed by atoms with Crippen LogP contribution in [0, 0.1) is 0 Å². The second kappa shape index (κ2) is 9.70. The zero-order valence-corrected chi connectivity index (χ0v) is 17.8. The van der Waals surface area contributed by atoms with Crippen molar-refractivity contribution in [2.45, 2.75) is 36.3 Å². The van der Waals surface area contributed by atoms with Crippen molar-refractivity contribution in [3.8, 4) is 0 Å². The molecule has 1 aromatic carbocycles. The number of aromatic nitrogens is 1. The maximum Gasteiger partial charge on any atom is 0.466 e. The van der Waals surface area contributed by atoms with Gasteiger partial charge in [-0.3, -0.25) is 4.55 Å². The molecule has 1 aromatic heterocycles. The summed E-state index contributed by atoms with van der Waals surface area (Å²) in [5.74, 6) is 0. The number of benzene rings is 1. The van der Waals surface area contributed by atoms with Crippen LogP contribution in [0.2, 0.25) is 0 Å². The molecule has 3 rings (SSSR count). The summed E-state index contributed by atoms with van der Waals surface area (Å²) in [7, 11) is -3.44.